The second-order valence-corrected chi connectivity index (χ2v) is 16.9. The standard InChI is InChI=1S/C37H64N5O10P/c1-13-27(43)37(9)30(42(34(45)52-37)20-15-14-19-39-40-38)22(2)17-16-18-36(8,47-12)31(24(4)28-25(5)32(44)51-35(6,7)50-28)49-33-29(53-46)26(41(10)11)21-23(3)48-33/h22-24,26-27,29-31,33,43H,13-21H2,1-12H3/t22-,23?,24-,26?,27+,29?,30+,31+,33-,36+,37+/m0/s1. The van der Waals surface area contributed by atoms with Crippen LogP contribution in [0.5, 0.6) is 0 Å². The molecule has 3 aliphatic heterocycles. The molecule has 0 aromatic heterocycles. The number of aliphatic hydroxyl groups is 1. The molecule has 11 atom stereocenters. The van der Waals surface area contributed by atoms with Gasteiger partial charge in [-0.1, -0.05) is 32.3 Å². The van der Waals surface area contributed by atoms with E-state index in [1.807, 2.05) is 46.7 Å². The Balaban J connectivity index is 1.95. The van der Waals surface area contributed by atoms with Crippen LogP contribution in [0.4, 0.5) is 4.79 Å². The van der Waals surface area contributed by atoms with Crippen molar-refractivity contribution in [2.75, 3.05) is 34.3 Å². The Morgan fingerprint density at radius 2 is 1.85 bits per heavy atom. The largest absolute Gasteiger partial charge is 0.456 e. The molecule has 2 saturated heterocycles. The molecule has 2 fully saturated rings. The summed E-state index contributed by atoms with van der Waals surface area (Å²) < 4.78 is 50.0. The van der Waals surface area contributed by atoms with Crippen LogP contribution >= 0.6 is 8.46 Å². The molecular weight excluding hydrogens is 705 g/mol. The van der Waals surface area contributed by atoms with Crippen LogP contribution in [0.3, 0.4) is 0 Å². The average molecular weight is 770 g/mol. The van der Waals surface area contributed by atoms with E-state index in [-0.39, 0.29) is 26.5 Å². The highest BCUT2D eigenvalue weighted by atomic mass is 31.1. The topological polar surface area (TPSA) is 182 Å². The van der Waals surface area contributed by atoms with Crippen LogP contribution in [0.1, 0.15) is 107 Å². The lowest BCUT2D eigenvalue weighted by Gasteiger charge is -2.47. The molecule has 0 radical (unpaired) electrons. The summed E-state index contributed by atoms with van der Waals surface area (Å²) in [7, 11) is 5.42. The molecule has 15 nitrogen and oxygen atoms in total. The van der Waals surface area contributed by atoms with Crippen molar-refractivity contribution in [1.82, 2.24) is 9.80 Å². The predicted octanol–water partition coefficient (Wildman–Crippen LogP) is 6.97. The van der Waals surface area contributed by atoms with Gasteiger partial charge < -0.3 is 43.3 Å². The minimum absolute atomic E-state index is 0.0690. The fourth-order valence-electron chi connectivity index (χ4n) is 8.35. The number of unbranched alkanes of at least 4 members (excludes halogenated alkanes) is 1. The van der Waals surface area contributed by atoms with Crippen LogP contribution in [-0.2, 0) is 37.8 Å². The molecule has 53 heavy (non-hydrogen) atoms. The normalized spacial score (nSPS) is 30.9. The van der Waals surface area contributed by atoms with Crippen molar-refractivity contribution in [2.24, 2.45) is 17.0 Å². The summed E-state index contributed by atoms with van der Waals surface area (Å²) >= 11 is 0. The zero-order chi connectivity index (χ0) is 39.9. The lowest BCUT2D eigenvalue weighted by molar-refractivity contribution is -0.265. The molecule has 0 aromatic rings. The molecule has 3 unspecified atom stereocenters. The molecule has 3 heterocycles. The van der Waals surface area contributed by atoms with Crippen LogP contribution in [0.25, 0.3) is 10.4 Å². The number of amides is 1. The number of hydrogen-bond donors (Lipinski definition) is 1. The second kappa shape index (κ2) is 18.9. The Hall–Kier alpha value is -2.51. The minimum Gasteiger partial charge on any atom is -0.456 e. The van der Waals surface area contributed by atoms with Gasteiger partial charge in [0, 0.05) is 50.9 Å². The number of methoxy groups -OCH3 is 1. The first kappa shape index (κ1) is 44.9. The molecule has 0 aromatic carbocycles. The molecule has 0 bridgehead atoms. The summed E-state index contributed by atoms with van der Waals surface area (Å²) in [5.41, 5.74) is 6.42. The molecule has 0 spiro atoms. The molecule has 302 valence electrons. The molecular formula is C37H64N5O10P. The highest BCUT2D eigenvalue weighted by Crippen LogP contribution is 2.43. The Morgan fingerprint density at radius 3 is 2.43 bits per heavy atom. The number of aliphatic hydroxyl groups excluding tert-OH is 1. The maximum atomic E-state index is 13.3. The summed E-state index contributed by atoms with van der Waals surface area (Å²) in [4.78, 5) is 32.8. The number of hydrogen-bond acceptors (Lipinski definition) is 12. The monoisotopic (exact) mass is 769 g/mol. The molecule has 3 rings (SSSR count). The Labute approximate surface area is 317 Å². The molecule has 3 aliphatic rings. The molecule has 1 amide bonds. The molecule has 16 heteroatoms. The predicted molar refractivity (Wildman–Crippen MR) is 199 cm³/mol. The fraction of sp³-hybridized carbons (Fsp3) is 0.892. The van der Waals surface area contributed by atoms with Crippen molar-refractivity contribution < 1.29 is 47.7 Å². The Bertz CT molecular complexity index is 1360. The van der Waals surface area contributed by atoms with E-state index < -0.39 is 65.2 Å². The number of nitrogens with zero attached hydrogens (tertiary/aromatic N) is 5. The molecule has 1 N–H and O–H groups in total. The van der Waals surface area contributed by atoms with E-state index in [4.69, 9.17) is 34.0 Å². The summed E-state index contributed by atoms with van der Waals surface area (Å²) in [5, 5.41) is 14.7. The quantitative estimate of drug-likeness (QED) is 0.0337. The first-order valence-corrected chi connectivity index (χ1v) is 19.8. The summed E-state index contributed by atoms with van der Waals surface area (Å²) in [6.45, 7) is 17.4. The SMILES string of the molecule is CC[C@@H](O)[C@@]1(C)OC(=O)N(CCCCN=[N+]=[N-])[C@@H]1[C@@H](C)CCC[C@@](C)(OC)[C@H](O[C@@H]1OC(C)CC(N(C)C)C1P=O)[C@@H](C)C1=C(C)C(=O)OC(C)(C)O1. The highest BCUT2D eigenvalue weighted by molar-refractivity contribution is 7.25. The Kier molecular flexibility index (Phi) is 16.0. The van der Waals surface area contributed by atoms with Gasteiger partial charge in [0.2, 0.25) is 5.79 Å². The molecule has 0 saturated carbocycles. The van der Waals surface area contributed by atoms with E-state index in [1.165, 1.54) is 0 Å². The number of ether oxygens (including phenoxy) is 6. The van der Waals surface area contributed by atoms with Gasteiger partial charge in [0.1, 0.15) is 11.4 Å². The number of carbonyl (C=O) groups excluding carboxylic acids is 2. The number of esters is 1. The first-order valence-electron chi connectivity index (χ1n) is 19.0. The van der Waals surface area contributed by atoms with Crippen molar-refractivity contribution in [3.05, 3.63) is 21.8 Å². The van der Waals surface area contributed by atoms with Crippen molar-refractivity contribution in [3.63, 3.8) is 0 Å². The van der Waals surface area contributed by atoms with E-state index in [1.54, 1.807) is 39.7 Å². The number of rotatable bonds is 20. The minimum atomic E-state index is -1.20. The van der Waals surface area contributed by atoms with E-state index in [9.17, 15) is 19.3 Å². The van der Waals surface area contributed by atoms with Gasteiger partial charge in [-0.3, -0.25) is 4.57 Å². The zero-order valence-corrected chi connectivity index (χ0v) is 34.8. The van der Waals surface area contributed by atoms with Gasteiger partial charge in [0.25, 0.3) is 0 Å². The summed E-state index contributed by atoms with van der Waals surface area (Å²) in [5.74, 6) is -1.85. The lowest BCUT2D eigenvalue weighted by atomic mass is 9.78. The third kappa shape index (κ3) is 10.4. The van der Waals surface area contributed by atoms with Gasteiger partial charge >= 0.3 is 12.1 Å². The van der Waals surface area contributed by atoms with Crippen LogP contribution in [-0.4, -0.2) is 121 Å². The number of carbonyl (C=O) groups is 2. The molecule has 0 aliphatic carbocycles. The third-order valence-corrected chi connectivity index (χ3v) is 12.2. The van der Waals surface area contributed by atoms with Crippen molar-refractivity contribution in [3.8, 4) is 0 Å². The van der Waals surface area contributed by atoms with Crippen molar-refractivity contribution >= 4 is 20.5 Å². The third-order valence-electron chi connectivity index (χ3n) is 11.3. The first-order chi connectivity index (χ1) is 24.8. The van der Waals surface area contributed by atoms with Crippen molar-refractivity contribution in [1.29, 1.82) is 0 Å². The van der Waals surface area contributed by atoms with Crippen LogP contribution in [0.2, 0.25) is 0 Å². The van der Waals surface area contributed by atoms with Gasteiger partial charge in [-0.15, -0.1) is 0 Å². The fourth-order valence-corrected chi connectivity index (χ4v) is 9.12. The van der Waals surface area contributed by atoms with E-state index in [0.717, 1.165) is 0 Å². The number of azide groups is 1. The van der Waals surface area contributed by atoms with Crippen LogP contribution in [0, 0.1) is 11.8 Å². The van der Waals surface area contributed by atoms with Gasteiger partial charge in [-0.2, -0.15) is 0 Å². The zero-order valence-electron chi connectivity index (χ0n) is 33.9. The van der Waals surface area contributed by atoms with Gasteiger partial charge in [0.05, 0.1) is 35.5 Å². The van der Waals surface area contributed by atoms with E-state index >= 15 is 0 Å². The maximum Gasteiger partial charge on any atom is 0.410 e. The van der Waals surface area contributed by atoms with Crippen LogP contribution < -0.4 is 0 Å². The van der Waals surface area contributed by atoms with E-state index in [0.29, 0.717) is 69.4 Å². The average Bonchev–Trinajstić information content (AvgIpc) is 3.36. The lowest BCUT2D eigenvalue weighted by Crippen LogP contribution is -2.57. The van der Waals surface area contributed by atoms with Gasteiger partial charge in [-0.05, 0) is 91.8 Å². The Morgan fingerprint density at radius 1 is 1.17 bits per heavy atom. The van der Waals surface area contributed by atoms with Gasteiger partial charge in [0.15, 0.2) is 20.4 Å². The summed E-state index contributed by atoms with van der Waals surface area (Å²) in [6, 6.07) is -0.474. The van der Waals surface area contributed by atoms with E-state index in [2.05, 4.69) is 16.9 Å². The highest BCUT2D eigenvalue weighted by Gasteiger charge is 2.56. The summed E-state index contributed by atoms with van der Waals surface area (Å²) in [6.07, 6.45) is 1.07. The van der Waals surface area contributed by atoms with Crippen molar-refractivity contribution in [2.45, 2.75) is 167 Å². The smallest absolute Gasteiger partial charge is 0.410 e. The van der Waals surface area contributed by atoms with Gasteiger partial charge in [-0.25, -0.2) is 9.59 Å². The second-order valence-electron chi connectivity index (χ2n) is 16.1. The van der Waals surface area contributed by atoms with Crippen LogP contribution in [0.15, 0.2) is 16.4 Å². The maximum absolute atomic E-state index is 13.3. The number of cyclic esters (lactones) is 2.